The number of allylic oxidation sites excluding steroid dienone is 1. The van der Waals surface area contributed by atoms with Gasteiger partial charge in [-0.3, -0.25) is 0 Å². The van der Waals surface area contributed by atoms with Crippen LogP contribution >= 0.6 is 0 Å². The summed E-state index contributed by atoms with van der Waals surface area (Å²) in [5.74, 6) is 0. The highest BCUT2D eigenvalue weighted by Crippen LogP contribution is 2.18. The molecular weight excluding hydrogens is 312 g/mol. The van der Waals surface area contributed by atoms with Crippen molar-refractivity contribution in [3.63, 3.8) is 0 Å². The van der Waals surface area contributed by atoms with Gasteiger partial charge in [-0.25, -0.2) is 13.1 Å². The lowest BCUT2D eigenvalue weighted by Crippen LogP contribution is -2.41. The molecule has 0 aromatic heterocycles. The minimum Gasteiger partial charge on any atom is -0.497 e. The van der Waals surface area contributed by atoms with Crippen LogP contribution in [0.4, 0.5) is 0 Å². The average molecular weight is 338 g/mol. The van der Waals surface area contributed by atoms with Crippen molar-refractivity contribution in [3.05, 3.63) is 42.2 Å². The Labute approximate surface area is 139 Å². The number of nitrogens with one attached hydrogen (secondary N) is 2. The van der Waals surface area contributed by atoms with E-state index in [2.05, 4.69) is 10.0 Å². The summed E-state index contributed by atoms with van der Waals surface area (Å²) >= 11 is 0. The van der Waals surface area contributed by atoms with Crippen LogP contribution in [0.2, 0.25) is 0 Å². The number of hydrogen-bond acceptors (Lipinski definition) is 4. The summed E-state index contributed by atoms with van der Waals surface area (Å²) in [6.45, 7) is 6.69. The van der Waals surface area contributed by atoms with Crippen molar-refractivity contribution in [1.82, 2.24) is 10.0 Å². The van der Waals surface area contributed by atoms with Crippen molar-refractivity contribution < 1.29 is 13.2 Å². The van der Waals surface area contributed by atoms with Crippen LogP contribution in [-0.2, 0) is 21.3 Å². The van der Waals surface area contributed by atoms with Gasteiger partial charge in [0.25, 0.3) is 0 Å². The third-order valence-electron chi connectivity index (χ3n) is 3.41. The van der Waals surface area contributed by atoms with Crippen molar-refractivity contribution >= 4 is 10.0 Å². The van der Waals surface area contributed by atoms with E-state index in [1.807, 2.05) is 39.0 Å². The van der Waals surface area contributed by atoms with Crippen LogP contribution in [0.1, 0.15) is 39.2 Å². The molecule has 2 rings (SSSR count). The first-order valence-electron chi connectivity index (χ1n) is 7.91. The largest absolute Gasteiger partial charge is 0.497 e. The molecule has 1 aromatic carbocycles. The standard InChI is InChI=1S/C17H26N2O3S/c1-17(2,3)19-23(20,21)16-10-5-4-8-14(16)12-18-13-15-9-6-7-11-22-15/h4-5,7-8,10-11,15,18-19H,6,9,12-13H2,1-3H3/t15-/m1/s1. The second kappa shape index (κ2) is 7.47. The number of benzene rings is 1. The van der Waals surface area contributed by atoms with E-state index in [9.17, 15) is 8.42 Å². The molecular formula is C17H26N2O3S. The first-order valence-corrected chi connectivity index (χ1v) is 9.39. The Morgan fingerprint density at radius 3 is 2.65 bits per heavy atom. The lowest BCUT2D eigenvalue weighted by atomic mass is 10.1. The summed E-state index contributed by atoms with van der Waals surface area (Å²) in [5, 5.41) is 3.30. The Balaban J connectivity index is 2.04. The minimum absolute atomic E-state index is 0.150. The maximum atomic E-state index is 12.6. The number of ether oxygens (including phenoxy) is 1. The topological polar surface area (TPSA) is 67.4 Å². The predicted octanol–water partition coefficient (Wildman–Crippen LogP) is 2.55. The van der Waals surface area contributed by atoms with Gasteiger partial charge in [-0.2, -0.15) is 0 Å². The first kappa shape index (κ1) is 18.0. The molecule has 5 nitrogen and oxygen atoms in total. The lowest BCUT2D eigenvalue weighted by molar-refractivity contribution is 0.122. The fraction of sp³-hybridized carbons (Fsp3) is 0.529. The van der Waals surface area contributed by atoms with Crippen LogP contribution in [0, 0.1) is 0 Å². The molecule has 0 saturated carbocycles. The molecule has 23 heavy (non-hydrogen) atoms. The highest BCUT2D eigenvalue weighted by Gasteiger charge is 2.24. The summed E-state index contributed by atoms with van der Waals surface area (Å²) < 4.78 is 33.3. The zero-order valence-corrected chi connectivity index (χ0v) is 14.8. The van der Waals surface area contributed by atoms with Gasteiger partial charge < -0.3 is 10.1 Å². The van der Waals surface area contributed by atoms with Crippen LogP contribution in [-0.4, -0.2) is 26.6 Å². The van der Waals surface area contributed by atoms with Crippen LogP contribution in [0.25, 0.3) is 0 Å². The van der Waals surface area contributed by atoms with E-state index in [1.54, 1.807) is 18.4 Å². The van der Waals surface area contributed by atoms with E-state index in [1.165, 1.54) is 0 Å². The fourth-order valence-corrected chi connectivity index (χ4v) is 4.13. The third-order valence-corrected chi connectivity index (χ3v) is 5.27. The molecule has 1 heterocycles. The van der Waals surface area contributed by atoms with Gasteiger partial charge in [0.15, 0.2) is 0 Å². The molecule has 2 N–H and O–H groups in total. The monoisotopic (exact) mass is 338 g/mol. The maximum absolute atomic E-state index is 12.6. The normalized spacial score (nSPS) is 18.7. The van der Waals surface area contributed by atoms with Gasteiger partial charge in [0.2, 0.25) is 10.0 Å². The Bertz CT molecular complexity index is 648. The van der Waals surface area contributed by atoms with Gasteiger partial charge in [-0.15, -0.1) is 0 Å². The van der Waals surface area contributed by atoms with Gasteiger partial charge >= 0.3 is 0 Å². The van der Waals surface area contributed by atoms with Crippen molar-refractivity contribution in [2.24, 2.45) is 0 Å². The zero-order valence-electron chi connectivity index (χ0n) is 14.0. The van der Waals surface area contributed by atoms with E-state index in [-0.39, 0.29) is 6.10 Å². The highest BCUT2D eigenvalue weighted by molar-refractivity contribution is 7.89. The summed E-state index contributed by atoms with van der Waals surface area (Å²) in [7, 11) is -3.54. The Kier molecular flexibility index (Phi) is 5.84. The molecule has 0 amide bonds. The van der Waals surface area contributed by atoms with Crippen molar-refractivity contribution in [2.75, 3.05) is 6.54 Å². The Morgan fingerprint density at radius 2 is 2.00 bits per heavy atom. The SMILES string of the molecule is CC(C)(C)NS(=O)(=O)c1ccccc1CNC[C@H]1CCC=CO1. The van der Waals surface area contributed by atoms with Crippen molar-refractivity contribution in [3.8, 4) is 0 Å². The van der Waals surface area contributed by atoms with Crippen LogP contribution in [0.3, 0.4) is 0 Å². The van der Waals surface area contributed by atoms with Crippen LogP contribution in [0.5, 0.6) is 0 Å². The second-order valence-electron chi connectivity index (χ2n) is 6.80. The zero-order chi connectivity index (χ0) is 16.9. The average Bonchev–Trinajstić information content (AvgIpc) is 2.46. The van der Waals surface area contributed by atoms with E-state index in [4.69, 9.17) is 4.74 Å². The number of rotatable bonds is 6. The number of sulfonamides is 1. The molecule has 0 aliphatic carbocycles. The predicted molar refractivity (Wildman–Crippen MR) is 91.5 cm³/mol. The minimum atomic E-state index is -3.54. The van der Waals surface area contributed by atoms with Crippen LogP contribution in [0.15, 0.2) is 41.5 Å². The maximum Gasteiger partial charge on any atom is 0.241 e. The lowest BCUT2D eigenvalue weighted by Gasteiger charge is -2.22. The van der Waals surface area contributed by atoms with Crippen molar-refractivity contribution in [1.29, 1.82) is 0 Å². The Morgan fingerprint density at radius 1 is 1.26 bits per heavy atom. The summed E-state index contributed by atoms with van der Waals surface area (Å²) in [4.78, 5) is 0.326. The first-order chi connectivity index (χ1) is 10.8. The van der Waals surface area contributed by atoms with Gasteiger partial charge in [-0.1, -0.05) is 18.2 Å². The molecule has 0 fully saturated rings. The fourth-order valence-electron chi connectivity index (χ4n) is 2.47. The van der Waals surface area contributed by atoms with Gasteiger partial charge in [0.1, 0.15) is 6.10 Å². The molecule has 1 aliphatic heterocycles. The Hall–Kier alpha value is -1.37. The number of hydrogen-bond donors (Lipinski definition) is 2. The molecule has 1 aromatic rings. The quantitative estimate of drug-likeness (QED) is 0.836. The molecule has 0 radical (unpaired) electrons. The highest BCUT2D eigenvalue weighted by atomic mass is 32.2. The van der Waals surface area contributed by atoms with Gasteiger partial charge in [0, 0.05) is 18.6 Å². The summed E-state index contributed by atoms with van der Waals surface area (Å²) in [6, 6.07) is 7.08. The van der Waals surface area contributed by atoms with E-state index in [0.29, 0.717) is 18.0 Å². The molecule has 1 atom stereocenters. The van der Waals surface area contributed by atoms with Gasteiger partial charge in [0.05, 0.1) is 11.2 Å². The van der Waals surface area contributed by atoms with E-state index in [0.717, 1.165) is 18.4 Å². The van der Waals surface area contributed by atoms with E-state index >= 15 is 0 Å². The molecule has 0 spiro atoms. The smallest absolute Gasteiger partial charge is 0.241 e. The van der Waals surface area contributed by atoms with E-state index < -0.39 is 15.6 Å². The molecule has 0 unspecified atom stereocenters. The van der Waals surface area contributed by atoms with Gasteiger partial charge in [-0.05, 0) is 51.3 Å². The summed E-state index contributed by atoms with van der Waals surface area (Å²) in [6.07, 6.45) is 5.90. The molecule has 0 bridgehead atoms. The van der Waals surface area contributed by atoms with Crippen LogP contribution < -0.4 is 10.0 Å². The molecule has 1 aliphatic rings. The van der Waals surface area contributed by atoms with Crippen molar-refractivity contribution in [2.45, 2.75) is 56.7 Å². The molecule has 6 heteroatoms. The molecule has 128 valence electrons. The molecule has 0 saturated heterocycles. The second-order valence-corrected chi connectivity index (χ2v) is 8.45. The summed E-state index contributed by atoms with van der Waals surface area (Å²) in [5.41, 5.74) is 0.248. The third kappa shape index (κ3) is 5.64.